The van der Waals surface area contributed by atoms with Crippen LogP contribution in [-0.4, -0.2) is 24.1 Å². The topological polar surface area (TPSA) is 60.7 Å². The molecule has 1 saturated heterocycles. The molecule has 1 unspecified atom stereocenters. The lowest BCUT2D eigenvalue weighted by Gasteiger charge is -2.18. The maximum Gasteiger partial charge on any atom is 0.144 e. The zero-order valence-electron chi connectivity index (χ0n) is 11.2. The standard InChI is InChI=1S/C15H20N4/c16-9-12-8-11-4-3-6-14(11)19-15(12)18-13-5-1-2-7-17-10-13/h8,13,17H,1-7,10H2,(H,18,19). The molecule has 19 heavy (non-hydrogen) atoms. The number of nitrogens with zero attached hydrogens (tertiary/aromatic N) is 2. The van der Waals surface area contributed by atoms with Gasteiger partial charge in [0, 0.05) is 18.3 Å². The lowest BCUT2D eigenvalue weighted by atomic mass is 10.1. The van der Waals surface area contributed by atoms with Gasteiger partial charge in [0.1, 0.15) is 11.9 Å². The monoisotopic (exact) mass is 256 g/mol. The van der Waals surface area contributed by atoms with Crippen molar-refractivity contribution < 1.29 is 0 Å². The van der Waals surface area contributed by atoms with Gasteiger partial charge >= 0.3 is 0 Å². The molecule has 0 saturated carbocycles. The number of rotatable bonds is 2. The van der Waals surface area contributed by atoms with Gasteiger partial charge in [0.15, 0.2) is 0 Å². The number of fused-ring (bicyclic) bond motifs is 1. The molecule has 1 aliphatic heterocycles. The number of hydrogen-bond donors (Lipinski definition) is 2. The Balaban J connectivity index is 1.81. The Hall–Kier alpha value is -1.60. The Morgan fingerprint density at radius 2 is 2.26 bits per heavy atom. The first-order valence-electron chi connectivity index (χ1n) is 7.27. The van der Waals surface area contributed by atoms with E-state index >= 15 is 0 Å². The van der Waals surface area contributed by atoms with Crippen molar-refractivity contribution in [3.05, 3.63) is 22.9 Å². The van der Waals surface area contributed by atoms with Crippen molar-refractivity contribution in [3.63, 3.8) is 0 Å². The Labute approximate surface area is 114 Å². The molecule has 1 atom stereocenters. The molecule has 1 aromatic heterocycles. The number of anilines is 1. The van der Waals surface area contributed by atoms with Gasteiger partial charge in [-0.3, -0.25) is 0 Å². The molecular formula is C15H20N4. The van der Waals surface area contributed by atoms with E-state index in [0.29, 0.717) is 11.6 Å². The maximum absolute atomic E-state index is 9.29. The molecule has 0 radical (unpaired) electrons. The fraction of sp³-hybridized carbons (Fsp3) is 0.600. The average molecular weight is 256 g/mol. The molecule has 0 spiro atoms. The third-order valence-corrected chi connectivity index (χ3v) is 4.06. The number of pyridine rings is 1. The van der Waals surface area contributed by atoms with Crippen LogP contribution in [0.1, 0.15) is 42.5 Å². The van der Waals surface area contributed by atoms with E-state index in [0.717, 1.165) is 38.2 Å². The minimum Gasteiger partial charge on any atom is -0.365 e. The Morgan fingerprint density at radius 3 is 3.16 bits per heavy atom. The summed E-state index contributed by atoms with van der Waals surface area (Å²) in [4.78, 5) is 4.69. The molecule has 0 bridgehead atoms. The SMILES string of the molecule is N#Cc1cc2c(nc1NC1CCCCNC1)CCC2. The van der Waals surface area contributed by atoms with Gasteiger partial charge < -0.3 is 10.6 Å². The van der Waals surface area contributed by atoms with E-state index in [2.05, 4.69) is 21.7 Å². The molecule has 1 aliphatic carbocycles. The van der Waals surface area contributed by atoms with Gasteiger partial charge in [0.05, 0.1) is 5.56 Å². The fourth-order valence-corrected chi connectivity index (χ4v) is 3.00. The van der Waals surface area contributed by atoms with Crippen molar-refractivity contribution >= 4 is 5.82 Å². The molecule has 0 aromatic carbocycles. The summed E-state index contributed by atoms with van der Waals surface area (Å²) in [5.41, 5.74) is 3.15. The Morgan fingerprint density at radius 1 is 1.32 bits per heavy atom. The summed E-state index contributed by atoms with van der Waals surface area (Å²) in [6, 6.07) is 4.70. The maximum atomic E-state index is 9.29. The van der Waals surface area contributed by atoms with Crippen LogP contribution in [0.25, 0.3) is 0 Å². The van der Waals surface area contributed by atoms with Crippen LogP contribution in [0.3, 0.4) is 0 Å². The first-order chi connectivity index (χ1) is 9.36. The summed E-state index contributed by atoms with van der Waals surface area (Å²) in [6.45, 7) is 2.06. The van der Waals surface area contributed by atoms with Crippen LogP contribution in [0, 0.1) is 11.3 Å². The summed E-state index contributed by atoms with van der Waals surface area (Å²) in [5.74, 6) is 0.789. The van der Waals surface area contributed by atoms with Crippen LogP contribution in [-0.2, 0) is 12.8 Å². The molecule has 100 valence electrons. The molecule has 3 rings (SSSR count). The van der Waals surface area contributed by atoms with Crippen molar-refractivity contribution in [1.29, 1.82) is 5.26 Å². The van der Waals surface area contributed by atoms with Crippen LogP contribution in [0.4, 0.5) is 5.82 Å². The lowest BCUT2D eigenvalue weighted by Crippen LogP contribution is -2.31. The zero-order chi connectivity index (χ0) is 13.1. The van der Waals surface area contributed by atoms with Crippen molar-refractivity contribution in [1.82, 2.24) is 10.3 Å². The highest BCUT2D eigenvalue weighted by atomic mass is 15.1. The molecule has 4 nitrogen and oxygen atoms in total. The number of nitriles is 1. The van der Waals surface area contributed by atoms with E-state index in [-0.39, 0.29) is 0 Å². The van der Waals surface area contributed by atoms with E-state index < -0.39 is 0 Å². The first-order valence-corrected chi connectivity index (χ1v) is 7.27. The van der Waals surface area contributed by atoms with Gasteiger partial charge in [-0.05, 0) is 50.3 Å². The van der Waals surface area contributed by atoms with Crippen LogP contribution >= 0.6 is 0 Å². The second kappa shape index (κ2) is 5.58. The number of aromatic nitrogens is 1. The minimum atomic E-state index is 0.390. The summed E-state index contributed by atoms with van der Waals surface area (Å²) < 4.78 is 0. The summed E-state index contributed by atoms with van der Waals surface area (Å²) >= 11 is 0. The Kier molecular flexibility index (Phi) is 3.65. The third kappa shape index (κ3) is 2.71. The highest BCUT2D eigenvalue weighted by molar-refractivity contribution is 5.55. The van der Waals surface area contributed by atoms with Gasteiger partial charge in [0.2, 0.25) is 0 Å². The second-order valence-electron chi connectivity index (χ2n) is 5.50. The summed E-state index contributed by atoms with van der Waals surface area (Å²) in [6.07, 6.45) is 6.91. The van der Waals surface area contributed by atoms with Crippen molar-refractivity contribution in [2.45, 2.75) is 44.6 Å². The van der Waals surface area contributed by atoms with Gasteiger partial charge in [0.25, 0.3) is 0 Å². The van der Waals surface area contributed by atoms with Crippen molar-refractivity contribution in [2.24, 2.45) is 0 Å². The van der Waals surface area contributed by atoms with Crippen LogP contribution in [0.5, 0.6) is 0 Å². The van der Waals surface area contributed by atoms with E-state index in [1.54, 1.807) is 0 Å². The van der Waals surface area contributed by atoms with Crippen molar-refractivity contribution in [3.8, 4) is 6.07 Å². The minimum absolute atomic E-state index is 0.390. The smallest absolute Gasteiger partial charge is 0.144 e. The highest BCUT2D eigenvalue weighted by Gasteiger charge is 2.19. The molecule has 1 aromatic rings. The van der Waals surface area contributed by atoms with Crippen LogP contribution in [0.15, 0.2) is 6.07 Å². The molecule has 2 heterocycles. The zero-order valence-corrected chi connectivity index (χ0v) is 11.2. The molecule has 0 amide bonds. The largest absolute Gasteiger partial charge is 0.365 e. The predicted molar refractivity (Wildman–Crippen MR) is 75.1 cm³/mol. The van der Waals surface area contributed by atoms with E-state index in [9.17, 15) is 5.26 Å². The lowest BCUT2D eigenvalue weighted by molar-refractivity contribution is 0.633. The predicted octanol–water partition coefficient (Wildman–Crippen LogP) is 2.00. The first kappa shape index (κ1) is 12.4. The third-order valence-electron chi connectivity index (χ3n) is 4.06. The number of nitrogens with one attached hydrogen (secondary N) is 2. The van der Waals surface area contributed by atoms with Gasteiger partial charge in [-0.25, -0.2) is 4.98 Å². The van der Waals surface area contributed by atoms with Gasteiger partial charge in [-0.2, -0.15) is 5.26 Å². The number of aryl methyl sites for hydroxylation is 2. The quantitative estimate of drug-likeness (QED) is 0.849. The van der Waals surface area contributed by atoms with E-state index in [4.69, 9.17) is 0 Å². The molecule has 2 N–H and O–H groups in total. The normalized spacial score (nSPS) is 22.4. The molecule has 2 aliphatic rings. The van der Waals surface area contributed by atoms with Crippen LogP contribution < -0.4 is 10.6 Å². The highest BCUT2D eigenvalue weighted by Crippen LogP contribution is 2.25. The molecular weight excluding hydrogens is 236 g/mol. The van der Waals surface area contributed by atoms with Crippen LogP contribution in [0.2, 0.25) is 0 Å². The molecule has 1 fully saturated rings. The Bertz CT molecular complexity index is 496. The summed E-state index contributed by atoms with van der Waals surface area (Å²) in [7, 11) is 0. The fourth-order valence-electron chi connectivity index (χ4n) is 3.00. The summed E-state index contributed by atoms with van der Waals surface area (Å²) in [5, 5.41) is 16.2. The molecule has 4 heteroatoms. The second-order valence-corrected chi connectivity index (χ2v) is 5.50. The average Bonchev–Trinajstić information content (AvgIpc) is 2.72. The van der Waals surface area contributed by atoms with Gasteiger partial charge in [-0.15, -0.1) is 0 Å². The van der Waals surface area contributed by atoms with E-state index in [1.165, 1.54) is 30.5 Å². The van der Waals surface area contributed by atoms with Gasteiger partial charge in [-0.1, -0.05) is 6.42 Å². The van der Waals surface area contributed by atoms with Crippen molar-refractivity contribution in [2.75, 3.05) is 18.4 Å². The van der Waals surface area contributed by atoms with E-state index in [1.807, 2.05) is 6.07 Å². The number of hydrogen-bond acceptors (Lipinski definition) is 4.